The minimum absolute atomic E-state index is 0.213. The number of aromatic nitrogens is 1. The molecule has 144 valence electrons. The van der Waals surface area contributed by atoms with Gasteiger partial charge in [0.1, 0.15) is 5.82 Å². The first kappa shape index (κ1) is 18.8. The molecule has 1 aliphatic rings. The summed E-state index contributed by atoms with van der Waals surface area (Å²) in [5.74, 6) is 1.63. The quantitative estimate of drug-likeness (QED) is 0.622. The number of halogens is 1. The second kappa shape index (κ2) is 7.80. The van der Waals surface area contributed by atoms with Crippen molar-refractivity contribution in [2.24, 2.45) is 5.92 Å². The number of aryl methyl sites for hydroxylation is 1. The molecule has 0 bridgehead atoms. The van der Waals surface area contributed by atoms with Crippen molar-refractivity contribution in [1.29, 1.82) is 0 Å². The number of carbonyl (C=O) groups is 1. The van der Waals surface area contributed by atoms with Gasteiger partial charge in [0.15, 0.2) is 0 Å². The first-order chi connectivity index (χ1) is 13.5. The van der Waals surface area contributed by atoms with Gasteiger partial charge in [0.25, 0.3) is 5.91 Å². The Morgan fingerprint density at radius 1 is 1.14 bits per heavy atom. The number of benzene rings is 2. The Bertz CT molecular complexity index is 1030. The molecule has 0 spiro atoms. The van der Waals surface area contributed by atoms with Crippen LogP contribution in [0, 0.1) is 12.8 Å². The molecular formula is C23H24ClN3O. The zero-order chi connectivity index (χ0) is 19.7. The van der Waals surface area contributed by atoms with Crippen molar-refractivity contribution >= 4 is 39.9 Å². The Labute approximate surface area is 170 Å². The van der Waals surface area contributed by atoms with Crippen LogP contribution in [0.2, 0.25) is 5.02 Å². The van der Waals surface area contributed by atoms with Crippen LogP contribution in [0.15, 0.2) is 48.5 Å². The highest BCUT2D eigenvalue weighted by Gasteiger charge is 2.18. The van der Waals surface area contributed by atoms with Gasteiger partial charge in [0.2, 0.25) is 0 Å². The number of hydrogen-bond donors (Lipinski definition) is 1. The van der Waals surface area contributed by atoms with E-state index in [1.807, 2.05) is 24.3 Å². The van der Waals surface area contributed by atoms with Gasteiger partial charge in [-0.1, -0.05) is 30.7 Å². The van der Waals surface area contributed by atoms with Crippen molar-refractivity contribution in [3.05, 3.63) is 64.7 Å². The van der Waals surface area contributed by atoms with E-state index in [1.54, 1.807) is 18.2 Å². The number of nitrogens with one attached hydrogen (secondary N) is 1. The molecule has 1 saturated heterocycles. The molecule has 28 heavy (non-hydrogen) atoms. The van der Waals surface area contributed by atoms with Gasteiger partial charge in [-0.05, 0) is 67.6 Å². The van der Waals surface area contributed by atoms with E-state index in [-0.39, 0.29) is 5.91 Å². The number of fused-ring (bicyclic) bond motifs is 1. The Kier molecular flexibility index (Phi) is 5.23. The maximum absolute atomic E-state index is 12.5. The summed E-state index contributed by atoms with van der Waals surface area (Å²) in [5, 5.41) is 4.43. The molecule has 3 aromatic rings. The molecule has 1 aromatic heterocycles. The molecule has 0 atom stereocenters. The molecule has 4 rings (SSSR count). The minimum atomic E-state index is -0.213. The monoisotopic (exact) mass is 393 g/mol. The van der Waals surface area contributed by atoms with Gasteiger partial charge in [0.05, 0.1) is 16.1 Å². The van der Waals surface area contributed by atoms with Crippen molar-refractivity contribution in [3.63, 3.8) is 0 Å². The molecule has 4 nitrogen and oxygen atoms in total. The molecule has 1 N–H and O–H groups in total. The molecule has 0 saturated carbocycles. The highest BCUT2D eigenvalue weighted by atomic mass is 35.5. The third-order valence-corrected chi connectivity index (χ3v) is 5.82. The third kappa shape index (κ3) is 3.83. The fraction of sp³-hybridized carbons (Fsp3) is 0.304. The van der Waals surface area contributed by atoms with Crippen LogP contribution in [0.3, 0.4) is 0 Å². The molecular weight excluding hydrogens is 370 g/mol. The number of rotatable bonds is 3. The van der Waals surface area contributed by atoms with Crippen LogP contribution in [-0.2, 0) is 0 Å². The molecule has 0 aliphatic carbocycles. The number of anilines is 2. The summed E-state index contributed by atoms with van der Waals surface area (Å²) in [7, 11) is 0. The summed E-state index contributed by atoms with van der Waals surface area (Å²) in [5.41, 5.74) is 3.31. The lowest BCUT2D eigenvalue weighted by molar-refractivity contribution is 0.102. The normalized spacial score (nSPS) is 15.0. The topological polar surface area (TPSA) is 45.2 Å². The number of pyridine rings is 1. The van der Waals surface area contributed by atoms with Gasteiger partial charge in [-0.3, -0.25) is 4.79 Å². The largest absolute Gasteiger partial charge is 0.357 e. The lowest BCUT2D eigenvalue weighted by Gasteiger charge is -2.31. The van der Waals surface area contributed by atoms with E-state index < -0.39 is 0 Å². The van der Waals surface area contributed by atoms with E-state index >= 15 is 0 Å². The van der Waals surface area contributed by atoms with Gasteiger partial charge in [0, 0.05) is 24.2 Å². The second-order valence-electron chi connectivity index (χ2n) is 7.63. The minimum Gasteiger partial charge on any atom is -0.357 e. The first-order valence-corrected chi connectivity index (χ1v) is 10.1. The number of amides is 1. The van der Waals surface area contributed by atoms with Crippen LogP contribution in [0.5, 0.6) is 0 Å². The average molecular weight is 394 g/mol. The van der Waals surface area contributed by atoms with Crippen molar-refractivity contribution in [2.45, 2.75) is 26.7 Å². The average Bonchev–Trinajstić information content (AvgIpc) is 2.69. The van der Waals surface area contributed by atoms with Crippen LogP contribution >= 0.6 is 11.6 Å². The predicted octanol–water partition coefficient (Wildman–Crippen LogP) is 5.69. The van der Waals surface area contributed by atoms with Crippen molar-refractivity contribution < 1.29 is 4.79 Å². The maximum Gasteiger partial charge on any atom is 0.257 e. The fourth-order valence-corrected chi connectivity index (χ4v) is 3.92. The summed E-state index contributed by atoms with van der Waals surface area (Å²) in [6, 6.07) is 15.0. The van der Waals surface area contributed by atoms with E-state index in [0.717, 1.165) is 47.0 Å². The summed E-state index contributed by atoms with van der Waals surface area (Å²) in [6.07, 6.45) is 2.43. The van der Waals surface area contributed by atoms with Crippen molar-refractivity contribution in [2.75, 3.05) is 23.3 Å². The molecule has 2 aromatic carbocycles. The SMILES string of the molecule is Cc1cc(N2CCC(C)CC2)nc2ccc(NC(=O)c3ccccc3Cl)cc12. The Morgan fingerprint density at radius 2 is 1.89 bits per heavy atom. The van der Waals surface area contributed by atoms with Gasteiger partial charge >= 0.3 is 0 Å². The van der Waals surface area contributed by atoms with Crippen LogP contribution in [0.25, 0.3) is 10.9 Å². The van der Waals surface area contributed by atoms with E-state index in [1.165, 1.54) is 12.8 Å². The zero-order valence-corrected chi connectivity index (χ0v) is 17.0. The number of carbonyl (C=O) groups excluding carboxylic acids is 1. The molecule has 5 heteroatoms. The molecule has 1 aliphatic heterocycles. The Hall–Kier alpha value is -2.59. The van der Waals surface area contributed by atoms with Crippen LogP contribution in [0.1, 0.15) is 35.7 Å². The van der Waals surface area contributed by atoms with E-state index in [2.05, 4.69) is 30.1 Å². The first-order valence-electron chi connectivity index (χ1n) is 9.73. The summed E-state index contributed by atoms with van der Waals surface area (Å²) in [6.45, 7) is 6.53. The fourth-order valence-electron chi connectivity index (χ4n) is 3.70. The highest BCUT2D eigenvalue weighted by molar-refractivity contribution is 6.34. The maximum atomic E-state index is 12.5. The summed E-state index contributed by atoms with van der Waals surface area (Å²) in [4.78, 5) is 19.8. The summed E-state index contributed by atoms with van der Waals surface area (Å²) >= 11 is 6.13. The lowest BCUT2D eigenvalue weighted by Crippen LogP contribution is -2.33. The molecule has 1 amide bonds. The van der Waals surface area contributed by atoms with Crippen molar-refractivity contribution in [1.82, 2.24) is 4.98 Å². The standard InChI is InChI=1S/C23H24ClN3O/c1-15-9-11-27(12-10-15)22-13-16(2)19-14-17(7-8-21(19)26-22)25-23(28)18-5-3-4-6-20(18)24/h3-8,13-15H,9-12H2,1-2H3,(H,25,28). The summed E-state index contributed by atoms with van der Waals surface area (Å²) < 4.78 is 0. The molecule has 1 fully saturated rings. The van der Waals surface area contributed by atoms with Crippen LogP contribution in [0.4, 0.5) is 11.5 Å². The number of hydrogen-bond acceptors (Lipinski definition) is 3. The lowest BCUT2D eigenvalue weighted by atomic mass is 9.99. The van der Waals surface area contributed by atoms with Gasteiger partial charge in [-0.15, -0.1) is 0 Å². The molecule has 0 radical (unpaired) electrons. The number of nitrogens with zero attached hydrogens (tertiary/aromatic N) is 2. The van der Waals surface area contributed by atoms with Crippen LogP contribution < -0.4 is 10.2 Å². The predicted molar refractivity (Wildman–Crippen MR) is 116 cm³/mol. The zero-order valence-electron chi connectivity index (χ0n) is 16.2. The van der Waals surface area contributed by atoms with Gasteiger partial charge in [-0.2, -0.15) is 0 Å². The Morgan fingerprint density at radius 3 is 2.64 bits per heavy atom. The molecule has 2 heterocycles. The smallest absolute Gasteiger partial charge is 0.257 e. The van der Waals surface area contributed by atoms with Gasteiger partial charge in [-0.25, -0.2) is 4.98 Å². The number of piperidine rings is 1. The third-order valence-electron chi connectivity index (χ3n) is 5.49. The molecule has 0 unspecified atom stereocenters. The van der Waals surface area contributed by atoms with Gasteiger partial charge < -0.3 is 10.2 Å². The van der Waals surface area contributed by atoms with Crippen LogP contribution in [-0.4, -0.2) is 24.0 Å². The van der Waals surface area contributed by atoms with Crippen molar-refractivity contribution in [3.8, 4) is 0 Å². The van der Waals surface area contributed by atoms with E-state index in [0.29, 0.717) is 10.6 Å². The van der Waals surface area contributed by atoms with E-state index in [4.69, 9.17) is 16.6 Å². The second-order valence-corrected chi connectivity index (χ2v) is 8.04. The highest BCUT2D eigenvalue weighted by Crippen LogP contribution is 2.28. The van der Waals surface area contributed by atoms with E-state index in [9.17, 15) is 4.79 Å². The Balaban J connectivity index is 1.59.